The maximum Gasteiger partial charge on any atom is 0.252 e. The summed E-state index contributed by atoms with van der Waals surface area (Å²) in [5.41, 5.74) is 18.3. The molecule has 41 heavy (non-hydrogen) atoms. The molecule has 1 amide bonds. The highest BCUT2D eigenvalue weighted by atomic mass is 35.5. The standard InChI is InChI=1S/C30H30ClN5O5/c31-20-4-3-18-12-28(24(30(34)39)11-19(18)10-20)40-17-27(38)25-16-36(9-8-35-14-21(37)15-35)26-13-22(5-6-23(25)26)41-29(33)2-1-7-32/h1-7,10-13,16,21,37H,8-9,14-15,17,32-33H2,(H2,34,39)/b7-1-,29-2+. The summed E-state index contributed by atoms with van der Waals surface area (Å²) in [6.45, 7) is 2.20. The Balaban J connectivity index is 1.42. The first-order valence-electron chi connectivity index (χ1n) is 13.0. The number of likely N-dealkylation sites (tertiary alicyclic amines) is 1. The van der Waals surface area contributed by atoms with Crippen LogP contribution >= 0.6 is 11.6 Å². The van der Waals surface area contributed by atoms with Gasteiger partial charge in [0.25, 0.3) is 5.91 Å². The molecule has 0 saturated carbocycles. The van der Waals surface area contributed by atoms with E-state index in [1.807, 2.05) is 10.6 Å². The zero-order valence-corrected chi connectivity index (χ0v) is 22.9. The van der Waals surface area contributed by atoms with Crippen molar-refractivity contribution < 1.29 is 24.2 Å². The van der Waals surface area contributed by atoms with Gasteiger partial charge in [0, 0.05) is 54.4 Å². The number of Topliss-reactive ketones (excluding diaryl/α,β-unsaturated/α-hetero) is 1. The first-order chi connectivity index (χ1) is 19.7. The van der Waals surface area contributed by atoms with E-state index in [2.05, 4.69) is 4.90 Å². The number of benzene rings is 3. The van der Waals surface area contributed by atoms with Crippen molar-refractivity contribution in [2.24, 2.45) is 17.2 Å². The number of hydrogen-bond acceptors (Lipinski definition) is 8. The van der Waals surface area contributed by atoms with Crippen molar-refractivity contribution in [3.63, 3.8) is 0 Å². The Morgan fingerprint density at radius 1 is 1.02 bits per heavy atom. The largest absolute Gasteiger partial charge is 0.485 e. The zero-order chi connectivity index (χ0) is 29.1. The first kappa shape index (κ1) is 28.0. The second-order valence-corrected chi connectivity index (χ2v) is 10.2. The number of β-amino-alcohol motifs (C(OH)–C–C–N with tert-alkyl or cyclic N) is 1. The van der Waals surface area contributed by atoms with Crippen LogP contribution in [0.5, 0.6) is 11.5 Å². The number of aliphatic hydroxyl groups is 1. The van der Waals surface area contributed by atoms with E-state index in [0.717, 1.165) is 16.3 Å². The van der Waals surface area contributed by atoms with Crippen LogP contribution in [0.4, 0.5) is 0 Å². The smallest absolute Gasteiger partial charge is 0.252 e. The van der Waals surface area contributed by atoms with Gasteiger partial charge in [0.05, 0.1) is 17.2 Å². The van der Waals surface area contributed by atoms with E-state index in [9.17, 15) is 14.7 Å². The lowest BCUT2D eigenvalue weighted by Crippen LogP contribution is -2.51. The number of allylic oxidation sites excluding steroid dienone is 2. The molecule has 0 aliphatic carbocycles. The number of ether oxygens (including phenoxy) is 2. The van der Waals surface area contributed by atoms with Gasteiger partial charge in [0.2, 0.25) is 5.78 Å². The van der Waals surface area contributed by atoms with Crippen LogP contribution in [0.3, 0.4) is 0 Å². The zero-order valence-electron chi connectivity index (χ0n) is 22.1. The first-order valence-corrected chi connectivity index (χ1v) is 13.3. The molecule has 5 rings (SSSR count). The number of aromatic nitrogens is 1. The van der Waals surface area contributed by atoms with Gasteiger partial charge in [-0.1, -0.05) is 17.7 Å². The van der Waals surface area contributed by atoms with E-state index < -0.39 is 5.91 Å². The minimum atomic E-state index is -0.676. The highest BCUT2D eigenvalue weighted by Gasteiger charge is 2.24. The molecule has 0 spiro atoms. The number of carbonyl (C=O) groups is 2. The summed E-state index contributed by atoms with van der Waals surface area (Å²) in [7, 11) is 0. The van der Waals surface area contributed by atoms with Gasteiger partial charge in [-0.25, -0.2) is 0 Å². The summed E-state index contributed by atoms with van der Waals surface area (Å²) in [4.78, 5) is 27.7. The number of nitrogens with zero attached hydrogens (tertiary/aromatic N) is 2. The summed E-state index contributed by atoms with van der Waals surface area (Å²) in [5.74, 6) is -0.0877. The predicted molar refractivity (Wildman–Crippen MR) is 158 cm³/mol. The number of primary amides is 1. The molecule has 1 saturated heterocycles. The van der Waals surface area contributed by atoms with Crippen molar-refractivity contribution in [2.45, 2.75) is 12.6 Å². The fraction of sp³-hybridized carbons (Fsp3) is 0.200. The van der Waals surface area contributed by atoms with Gasteiger partial charge in [-0.05, 0) is 65.5 Å². The molecule has 0 radical (unpaired) electrons. The van der Waals surface area contributed by atoms with E-state index >= 15 is 0 Å². The summed E-state index contributed by atoms with van der Waals surface area (Å²) in [6.07, 6.45) is 5.91. The average molecular weight is 576 g/mol. The molecule has 11 heteroatoms. The van der Waals surface area contributed by atoms with Crippen LogP contribution in [-0.4, -0.2) is 58.6 Å². The molecule has 0 unspecified atom stereocenters. The van der Waals surface area contributed by atoms with Gasteiger partial charge in [-0.2, -0.15) is 0 Å². The summed E-state index contributed by atoms with van der Waals surface area (Å²) < 4.78 is 13.6. The lowest BCUT2D eigenvalue weighted by Gasteiger charge is -2.35. The predicted octanol–water partition coefficient (Wildman–Crippen LogP) is 3.14. The molecule has 0 atom stereocenters. The fourth-order valence-corrected chi connectivity index (χ4v) is 5.00. The molecule has 2 heterocycles. The van der Waals surface area contributed by atoms with Crippen LogP contribution in [0.1, 0.15) is 20.7 Å². The van der Waals surface area contributed by atoms with Crippen LogP contribution in [0, 0.1) is 0 Å². The van der Waals surface area contributed by atoms with E-state index in [1.54, 1.807) is 54.7 Å². The van der Waals surface area contributed by atoms with Gasteiger partial charge in [-0.15, -0.1) is 0 Å². The lowest BCUT2D eigenvalue weighted by atomic mass is 10.1. The van der Waals surface area contributed by atoms with Crippen molar-refractivity contribution in [3.8, 4) is 11.5 Å². The monoisotopic (exact) mass is 575 g/mol. The van der Waals surface area contributed by atoms with E-state index in [1.165, 1.54) is 12.3 Å². The normalized spacial score (nSPS) is 14.5. The SMILES string of the molecule is N/C=C\C=C(/N)Oc1ccc2c(C(=O)COc3cc4ccc(Cl)cc4cc3C(N)=O)cn(CCN3CC(O)C3)c2c1. The number of nitrogens with two attached hydrogens (primary N) is 3. The number of halogens is 1. The maximum absolute atomic E-state index is 13.5. The number of hydrogen-bond donors (Lipinski definition) is 4. The number of carbonyl (C=O) groups excluding carboxylic acids is 2. The second-order valence-electron chi connectivity index (χ2n) is 9.80. The van der Waals surface area contributed by atoms with Crippen LogP contribution in [0.25, 0.3) is 21.7 Å². The van der Waals surface area contributed by atoms with E-state index in [4.69, 9.17) is 38.3 Å². The number of aliphatic hydroxyl groups excluding tert-OH is 1. The Kier molecular flexibility index (Phi) is 8.16. The molecule has 0 bridgehead atoms. The summed E-state index contributed by atoms with van der Waals surface area (Å²) in [5, 5.41) is 12.4. The summed E-state index contributed by atoms with van der Waals surface area (Å²) in [6, 6.07) is 13.9. The van der Waals surface area contributed by atoms with Crippen LogP contribution in [0.2, 0.25) is 5.02 Å². The quantitative estimate of drug-likeness (QED) is 0.121. The van der Waals surface area contributed by atoms with E-state index in [-0.39, 0.29) is 35.7 Å². The fourth-order valence-electron chi connectivity index (χ4n) is 4.82. The Labute approximate surface area is 241 Å². The Hall–Kier alpha value is -4.51. The van der Waals surface area contributed by atoms with Crippen molar-refractivity contribution >= 4 is 45.0 Å². The van der Waals surface area contributed by atoms with Crippen molar-refractivity contribution in [1.29, 1.82) is 0 Å². The molecular weight excluding hydrogens is 546 g/mol. The molecule has 7 N–H and O–H groups in total. The third kappa shape index (κ3) is 6.30. The van der Waals surface area contributed by atoms with Gasteiger partial charge >= 0.3 is 0 Å². The third-order valence-electron chi connectivity index (χ3n) is 6.88. The average Bonchev–Trinajstić information content (AvgIpc) is 3.29. The van der Waals surface area contributed by atoms with Crippen molar-refractivity contribution in [3.05, 3.63) is 95.1 Å². The number of rotatable bonds is 11. The van der Waals surface area contributed by atoms with Crippen LogP contribution in [0.15, 0.2) is 79.0 Å². The lowest BCUT2D eigenvalue weighted by molar-refractivity contribution is 0.000715. The van der Waals surface area contributed by atoms with Gasteiger partial charge in [0.1, 0.15) is 11.5 Å². The van der Waals surface area contributed by atoms with Crippen LogP contribution in [-0.2, 0) is 6.54 Å². The third-order valence-corrected chi connectivity index (χ3v) is 7.12. The molecule has 1 aliphatic rings. The van der Waals surface area contributed by atoms with Gasteiger partial charge < -0.3 is 36.3 Å². The minimum absolute atomic E-state index is 0.156. The highest BCUT2D eigenvalue weighted by Crippen LogP contribution is 2.30. The maximum atomic E-state index is 13.5. The van der Waals surface area contributed by atoms with Crippen LogP contribution < -0.4 is 26.7 Å². The van der Waals surface area contributed by atoms with Gasteiger partial charge in [-0.3, -0.25) is 14.5 Å². The number of fused-ring (bicyclic) bond motifs is 2. The molecule has 1 fully saturated rings. The molecule has 3 aromatic carbocycles. The Morgan fingerprint density at radius 2 is 1.83 bits per heavy atom. The molecule has 212 valence electrons. The Bertz CT molecular complexity index is 1690. The topological polar surface area (TPSA) is 159 Å². The van der Waals surface area contributed by atoms with E-state index in [0.29, 0.717) is 47.9 Å². The summed E-state index contributed by atoms with van der Waals surface area (Å²) >= 11 is 6.09. The molecule has 10 nitrogen and oxygen atoms in total. The van der Waals surface area contributed by atoms with Crippen molar-refractivity contribution in [1.82, 2.24) is 9.47 Å². The minimum Gasteiger partial charge on any atom is -0.485 e. The highest BCUT2D eigenvalue weighted by molar-refractivity contribution is 6.31. The van der Waals surface area contributed by atoms with Crippen molar-refractivity contribution in [2.75, 3.05) is 26.2 Å². The molecule has 4 aromatic rings. The molecule has 1 aliphatic heterocycles. The Morgan fingerprint density at radius 3 is 2.56 bits per heavy atom. The number of ketones is 1. The number of amides is 1. The second kappa shape index (κ2) is 11.9. The molecular formula is C30H30ClN5O5. The molecule has 1 aromatic heterocycles. The van der Waals surface area contributed by atoms with Gasteiger partial charge in [0.15, 0.2) is 12.5 Å².